The fraction of sp³-hybridized carbons (Fsp3) is 0.500. The molecule has 0 bridgehead atoms. The molecule has 0 unspecified atom stereocenters. The third-order valence-corrected chi connectivity index (χ3v) is 2.71. The SMILES string of the molecule is COc1c(F)cccc1OC1CCNCC1. The maximum atomic E-state index is 13.4. The summed E-state index contributed by atoms with van der Waals surface area (Å²) in [5.74, 6) is 0.310. The molecule has 1 heterocycles. The Hall–Kier alpha value is -1.29. The number of piperidine rings is 1. The van der Waals surface area contributed by atoms with Crippen LogP contribution in [0.25, 0.3) is 0 Å². The summed E-state index contributed by atoms with van der Waals surface area (Å²) in [4.78, 5) is 0. The molecule has 1 N–H and O–H groups in total. The largest absolute Gasteiger partial charge is 0.490 e. The van der Waals surface area contributed by atoms with Crippen molar-refractivity contribution >= 4 is 0 Å². The van der Waals surface area contributed by atoms with E-state index in [1.54, 1.807) is 12.1 Å². The molecule has 1 saturated heterocycles. The second-order valence-electron chi connectivity index (χ2n) is 3.84. The Morgan fingerprint density at radius 2 is 2.06 bits per heavy atom. The second kappa shape index (κ2) is 5.16. The van der Waals surface area contributed by atoms with Crippen LogP contribution in [0.3, 0.4) is 0 Å². The maximum absolute atomic E-state index is 13.4. The number of methoxy groups -OCH3 is 1. The lowest BCUT2D eigenvalue weighted by molar-refractivity contribution is 0.155. The molecular weight excluding hydrogens is 209 g/mol. The van der Waals surface area contributed by atoms with Crippen LogP contribution in [0.15, 0.2) is 18.2 Å². The molecule has 4 heteroatoms. The van der Waals surface area contributed by atoms with E-state index in [0.29, 0.717) is 5.75 Å². The number of rotatable bonds is 3. The number of para-hydroxylation sites is 1. The summed E-state index contributed by atoms with van der Waals surface area (Å²) in [5, 5.41) is 3.26. The Kier molecular flexibility index (Phi) is 3.62. The van der Waals surface area contributed by atoms with E-state index in [2.05, 4.69) is 5.32 Å². The van der Waals surface area contributed by atoms with E-state index < -0.39 is 0 Å². The summed E-state index contributed by atoms with van der Waals surface area (Å²) in [7, 11) is 1.45. The van der Waals surface area contributed by atoms with Gasteiger partial charge in [0.15, 0.2) is 17.3 Å². The van der Waals surface area contributed by atoms with Crippen molar-refractivity contribution in [3.63, 3.8) is 0 Å². The van der Waals surface area contributed by atoms with Gasteiger partial charge in [0.2, 0.25) is 0 Å². The molecule has 0 aromatic heterocycles. The average Bonchev–Trinajstić information content (AvgIpc) is 2.31. The highest BCUT2D eigenvalue weighted by atomic mass is 19.1. The molecule has 1 fully saturated rings. The normalized spacial score (nSPS) is 17.1. The van der Waals surface area contributed by atoms with Gasteiger partial charge in [0.25, 0.3) is 0 Å². The topological polar surface area (TPSA) is 30.5 Å². The molecule has 0 amide bonds. The molecule has 16 heavy (non-hydrogen) atoms. The summed E-state index contributed by atoms with van der Waals surface area (Å²) < 4.78 is 24.1. The van der Waals surface area contributed by atoms with Crippen LogP contribution >= 0.6 is 0 Å². The van der Waals surface area contributed by atoms with Gasteiger partial charge in [0, 0.05) is 0 Å². The molecule has 0 spiro atoms. The summed E-state index contributed by atoms with van der Waals surface area (Å²) in [6, 6.07) is 4.74. The first-order valence-corrected chi connectivity index (χ1v) is 5.51. The fourth-order valence-corrected chi connectivity index (χ4v) is 1.87. The predicted octanol–water partition coefficient (Wildman–Crippen LogP) is 1.97. The number of halogens is 1. The van der Waals surface area contributed by atoms with Gasteiger partial charge < -0.3 is 14.8 Å². The van der Waals surface area contributed by atoms with Gasteiger partial charge in [-0.15, -0.1) is 0 Å². The number of nitrogens with one attached hydrogen (secondary N) is 1. The molecular formula is C12H16FNO2. The number of hydrogen-bond donors (Lipinski definition) is 1. The lowest BCUT2D eigenvalue weighted by Crippen LogP contribution is -2.34. The first-order valence-electron chi connectivity index (χ1n) is 5.51. The third-order valence-electron chi connectivity index (χ3n) is 2.71. The molecule has 3 nitrogen and oxygen atoms in total. The number of ether oxygens (including phenoxy) is 2. The number of benzene rings is 1. The summed E-state index contributed by atoms with van der Waals surface area (Å²) in [6.07, 6.45) is 2.04. The minimum Gasteiger partial charge on any atom is -0.490 e. The van der Waals surface area contributed by atoms with Crippen LogP contribution in [0, 0.1) is 5.82 Å². The molecule has 1 aliphatic rings. The van der Waals surface area contributed by atoms with Gasteiger partial charge in [-0.25, -0.2) is 4.39 Å². The van der Waals surface area contributed by atoms with Crippen molar-refractivity contribution < 1.29 is 13.9 Å². The van der Waals surface area contributed by atoms with Crippen LogP contribution in [0.1, 0.15) is 12.8 Å². The van der Waals surface area contributed by atoms with Crippen molar-refractivity contribution in [3.05, 3.63) is 24.0 Å². The Balaban J connectivity index is 2.10. The third kappa shape index (κ3) is 2.44. The second-order valence-corrected chi connectivity index (χ2v) is 3.84. The van der Waals surface area contributed by atoms with Crippen molar-refractivity contribution in [1.82, 2.24) is 5.32 Å². The molecule has 0 aliphatic carbocycles. The van der Waals surface area contributed by atoms with Gasteiger partial charge in [0.1, 0.15) is 6.10 Å². The molecule has 2 rings (SSSR count). The summed E-state index contributed by atoms with van der Waals surface area (Å²) in [5.41, 5.74) is 0. The smallest absolute Gasteiger partial charge is 0.196 e. The Bertz CT molecular complexity index is 351. The summed E-state index contributed by atoms with van der Waals surface area (Å²) >= 11 is 0. The lowest BCUT2D eigenvalue weighted by Gasteiger charge is -2.24. The fourth-order valence-electron chi connectivity index (χ4n) is 1.87. The lowest BCUT2D eigenvalue weighted by atomic mass is 10.1. The van der Waals surface area contributed by atoms with Crippen molar-refractivity contribution in [2.45, 2.75) is 18.9 Å². The highest BCUT2D eigenvalue weighted by Gasteiger charge is 2.17. The molecule has 1 aromatic carbocycles. The average molecular weight is 225 g/mol. The van der Waals surface area contributed by atoms with E-state index in [1.807, 2.05) is 0 Å². The number of hydrogen-bond acceptors (Lipinski definition) is 3. The van der Waals surface area contributed by atoms with Gasteiger partial charge in [-0.1, -0.05) is 6.07 Å². The molecule has 1 aliphatic heterocycles. The Labute approximate surface area is 94.6 Å². The van der Waals surface area contributed by atoms with Gasteiger partial charge in [-0.3, -0.25) is 0 Å². The zero-order chi connectivity index (χ0) is 11.4. The van der Waals surface area contributed by atoms with Crippen LogP contribution in [0.4, 0.5) is 4.39 Å². The van der Waals surface area contributed by atoms with Crippen LogP contribution in [0.5, 0.6) is 11.5 Å². The Morgan fingerprint density at radius 1 is 1.31 bits per heavy atom. The quantitative estimate of drug-likeness (QED) is 0.853. The van der Waals surface area contributed by atoms with Gasteiger partial charge >= 0.3 is 0 Å². The van der Waals surface area contributed by atoms with E-state index in [1.165, 1.54) is 13.2 Å². The van der Waals surface area contributed by atoms with Crippen LogP contribution < -0.4 is 14.8 Å². The summed E-state index contributed by atoms with van der Waals surface area (Å²) in [6.45, 7) is 1.89. The molecule has 88 valence electrons. The Morgan fingerprint density at radius 3 is 2.75 bits per heavy atom. The van der Waals surface area contributed by atoms with Crippen LogP contribution in [-0.2, 0) is 0 Å². The molecule has 0 radical (unpaired) electrons. The molecule has 0 atom stereocenters. The molecule has 1 aromatic rings. The van der Waals surface area contributed by atoms with Crippen LogP contribution in [0.2, 0.25) is 0 Å². The highest BCUT2D eigenvalue weighted by Crippen LogP contribution is 2.31. The predicted molar refractivity (Wildman–Crippen MR) is 59.5 cm³/mol. The minimum absolute atomic E-state index is 0.150. The first kappa shape index (κ1) is 11.2. The van der Waals surface area contributed by atoms with Gasteiger partial charge in [-0.2, -0.15) is 0 Å². The van der Waals surface area contributed by atoms with Gasteiger partial charge in [-0.05, 0) is 38.1 Å². The highest BCUT2D eigenvalue weighted by molar-refractivity contribution is 5.40. The monoisotopic (exact) mass is 225 g/mol. The minimum atomic E-state index is -0.381. The van der Waals surface area contributed by atoms with Crippen molar-refractivity contribution in [2.24, 2.45) is 0 Å². The molecule has 0 saturated carbocycles. The van der Waals surface area contributed by atoms with E-state index in [0.717, 1.165) is 25.9 Å². The van der Waals surface area contributed by atoms with Crippen LogP contribution in [-0.4, -0.2) is 26.3 Å². The van der Waals surface area contributed by atoms with Crippen molar-refractivity contribution in [2.75, 3.05) is 20.2 Å². The van der Waals surface area contributed by atoms with E-state index in [-0.39, 0.29) is 17.7 Å². The zero-order valence-electron chi connectivity index (χ0n) is 9.33. The van der Waals surface area contributed by atoms with E-state index in [9.17, 15) is 4.39 Å². The van der Waals surface area contributed by atoms with Crippen molar-refractivity contribution in [3.8, 4) is 11.5 Å². The zero-order valence-corrected chi connectivity index (χ0v) is 9.33. The van der Waals surface area contributed by atoms with E-state index in [4.69, 9.17) is 9.47 Å². The standard InChI is InChI=1S/C12H16FNO2/c1-15-12-10(13)3-2-4-11(12)16-9-5-7-14-8-6-9/h2-4,9,14H,5-8H2,1H3. The maximum Gasteiger partial charge on any atom is 0.196 e. The first-order chi connectivity index (χ1) is 7.81. The van der Waals surface area contributed by atoms with E-state index >= 15 is 0 Å². The van der Waals surface area contributed by atoms with Gasteiger partial charge in [0.05, 0.1) is 7.11 Å². The van der Waals surface area contributed by atoms with Crippen molar-refractivity contribution in [1.29, 1.82) is 0 Å².